The monoisotopic (exact) mass is 235 g/mol. The zero-order chi connectivity index (χ0) is 11.4. The molecule has 0 bridgehead atoms. The molecule has 0 atom stereocenters. The van der Waals surface area contributed by atoms with Gasteiger partial charge in [-0.1, -0.05) is 17.4 Å². The smallest absolute Gasteiger partial charge is 0.213 e. The van der Waals surface area contributed by atoms with Gasteiger partial charge in [-0.15, -0.1) is 0 Å². The number of hydrogen-bond donors (Lipinski definition) is 2. The van der Waals surface area contributed by atoms with Crippen molar-refractivity contribution >= 4 is 23.0 Å². The minimum absolute atomic E-state index is 0.338. The van der Waals surface area contributed by atoms with Crippen molar-refractivity contribution < 1.29 is 4.52 Å². The number of pyridine rings is 1. The van der Waals surface area contributed by atoms with Gasteiger partial charge in [-0.2, -0.15) is 4.98 Å². The summed E-state index contributed by atoms with van der Waals surface area (Å²) in [5, 5.41) is 6.69. The molecule has 2 rings (SSSR count). The van der Waals surface area contributed by atoms with Crippen molar-refractivity contribution in [3.63, 3.8) is 0 Å². The molecule has 82 valence electrons. The summed E-state index contributed by atoms with van der Waals surface area (Å²) in [7, 11) is 0. The maximum atomic E-state index is 5.51. The third kappa shape index (κ3) is 2.51. The number of thiocarbonyl (C=S) groups is 1. The normalized spacial score (nSPS) is 10.0. The van der Waals surface area contributed by atoms with E-state index in [1.807, 2.05) is 0 Å². The fourth-order valence-corrected chi connectivity index (χ4v) is 1.25. The van der Waals surface area contributed by atoms with Gasteiger partial charge in [0, 0.05) is 11.8 Å². The van der Waals surface area contributed by atoms with Crippen LogP contribution in [0, 0.1) is 0 Å². The number of nitrogens with two attached hydrogens (primary N) is 1. The molecule has 0 unspecified atom stereocenters. The fraction of sp³-hybridized carbons (Fsp3) is 0.111. The fourth-order valence-electron chi connectivity index (χ4n) is 1.12. The first kappa shape index (κ1) is 10.5. The lowest BCUT2D eigenvalue weighted by atomic mass is 10.2. The Balaban J connectivity index is 2.04. The van der Waals surface area contributed by atoms with Gasteiger partial charge in [0.15, 0.2) is 5.82 Å². The number of anilines is 1. The Morgan fingerprint density at radius 2 is 2.38 bits per heavy atom. The molecule has 2 aromatic heterocycles. The van der Waals surface area contributed by atoms with Gasteiger partial charge in [0.05, 0.1) is 6.54 Å². The highest BCUT2D eigenvalue weighted by Gasteiger charge is 2.01. The van der Waals surface area contributed by atoms with Crippen LogP contribution in [-0.4, -0.2) is 20.1 Å². The Hall–Kier alpha value is -2.02. The van der Waals surface area contributed by atoms with Crippen molar-refractivity contribution in [1.82, 2.24) is 15.1 Å². The largest absolute Gasteiger partial charge is 0.389 e. The van der Waals surface area contributed by atoms with Crippen LogP contribution in [0.2, 0.25) is 0 Å². The van der Waals surface area contributed by atoms with Crippen molar-refractivity contribution in [1.29, 1.82) is 0 Å². The molecule has 6 nitrogen and oxygen atoms in total. The van der Waals surface area contributed by atoms with E-state index in [1.165, 1.54) is 6.39 Å². The summed E-state index contributed by atoms with van der Waals surface area (Å²) in [4.78, 5) is 8.32. The van der Waals surface area contributed by atoms with Crippen LogP contribution in [-0.2, 0) is 6.54 Å². The molecule has 0 aliphatic heterocycles. The number of nitrogens with one attached hydrogen (secondary N) is 1. The summed E-state index contributed by atoms with van der Waals surface area (Å²) in [5.74, 6) is 1.22. The zero-order valence-electron chi connectivity index (χ0n) is 8.25. The molecule has 0 amide bonds. The van der Waals surface area contributed by atoms with Gasteiger partial charge in [-0.25, -0.2) is 4.98 Å². The molecule has 16 heavy (non-hydrogen) atoms. The molecule has 0 aliphatic carbocycles. The van der Waals surface area contributed by atoms with Gasteiger partial charge in [-0.05, 0) is 12.1 Å². The van der Waals surface area contributed by atoms with Crippen molar-refractivity contribution in [3.8, 4) is 0 Å². The van der Waals surface area contributed by atoms with Gasteiger partial charge in [-0.3, -0.25) is 0 Å². The number of nitrogens with zero attached hydrogens (tertiary/aromatic N) is 3. The lowest BCUT2D eigenvalue weighted by molar-refractivity contribution is 0.411. The molecule has 0 radical (unpaired) electrons. The van der Waals surface area contributed by atoms with E-state index in [0.717, 1.165) is 5.56 Å². The first-order valence-corrected chi connectivity index (χ1v) is 4.91. The summed E-state index contributed by atoms with van der Waals surface area (Å²) in [5.41, 5.74) is 6.27. The van der Waals surface area contributed by atoms with Crippen molar-refractivity contribution in [2.45, 2.75) is 6.54 Å². The molecular formula is C9H9N5OS. The predicted octanol–water partition coefficient (Wildman–Crippen LogP) is 0.711. The minimum atomic E-state index is 0.338. The van der Waals surface area contributed by atoms with E-state index in [2.05, 4.69) is 25.0 Å². The molecule has 2 aromatic rings. The number of hydrogen-bond acceptors (Lipinski definition) is 6. The Kier molecular flexibility index (Phi) is 3.06. The van der Waals surface area contributed by atoms with E-state index < -0.39 is 0 Å². The maximum Gasteiger partial charge on any atom is 0.213 e. The van der Waals surface area contributed by atoms with Crippen LogP contribution in [0.4, 0.5) is 5.82 Å². The Morgan fingerprint density at radius 1 is 1.50 bits per heavy atom. The van der Waals surface area contributed by atoms with Gasteiger partial charge >= 0.3 is 0 Å². The van der Waals surface area contributed by atoms with Crippen LogP contribution in [0.15, 0.2) is 29.2 Å². The third-order valence-electron chi connectivity index (χ3n) is 1.88. The van der Waals surface area contributed by atoms with Crippen LogP contribution in [0.25, 0.3) is 0 Å². The number of rotatable bonds is 4. The molecule has 0 aliphatic rings. The summed E-state index contributed by atoms with van der Waals surface area (Å²) in [6.45, 7) is 0.435. The van der Waals surface area contributed by atoms with Gasteiger partial charge < -0.3 is 15.6 Å². The van der Waals surface area contributed by atoms with E-state index in [1.54, 1.807) is 18.3 Å². The van der Waals surface area contributed by atoms with Crippen LogP contribution in [0.5, 0.6) is 0 Å². The Morgan fingerprint density at radius 3 is 3.06 bits per heavy atom. The lowest BCUT2D eigenvalue weighted by Crippen LogP contribution is -2.10. The van der Waals surface area contributed by atoms with Gasteiger partial charge in [0.25, 0.3) is 0 Å². The summed E-state index contributed by atoms with van der Waals surface area (Å²) >= 11 is 4.87. The zero-order valence-corrected chi connectivity index (χ0v) is 9.07. The highest BCUT2D eigenvalue weighted by molar-refractivity contribution is 7.80. The molecule has 0 saturated carbocycles. The Bertz CT molecular complexity index is 484. The van der Waals surface area contributed by atoms with E-state index in [4.69, 9.17) is 18.0 Å². The van der Waals surface area contributed by atoms with E-state index in [9.17, 15) is 0 Å². The van der Waals surface area contributed by atoms with Gasteiger partial charge in [0.1, 0.15) is 10.8 Å². The summed E-state index contributed by atoms with van der Waals surface area (Å²) in [6, 6.07) is 3.52. The van der Waals surface area contributed by atoms with Crippen molar-refractivity contribution in [2.24, 2.45) is 5.73 Å². The van der Waals surface area contributed by atoms with E-state index in [-0.39, 0.29) is 0 Å². The maximum absolute atomic E-state index is 5.51. The van der Waals surface area contributed by atoms with Gasteiger partial charge in [0.2, 0.25) is 6.39 Å². The van der Waals surface area contributed by atoms with E-state index in [0.29, 0.717) is 23.2 Å². The minimum Gasteiger partial charge on any atom is -0.389 e. The number of aromatic nitrogens is 3. The molecule has 2 heterocycles. The van der Waals surface area contributed by atoms with Crippen LogP contribution in [0.3, 0.4) is 0 Å². The standard InChI is InChI=1S/C9H9N5OS/c10-9(16)6-1-2-11-7(3-6)12-4-8-13-5-15-14-8/h1-3,5H,4H2,(H2,10,16)(H,11,12). The van der Waals surface area contributed by atoms with Crippen molar-refractivity contribution in [3.05, 3.63) is 36.1 Å². The highest BCUT2D eigenvalue weighted by atomic mass is 32.1. The first-order valence-electron chi connectivity index (χ1n) is 4.50. The van der Waals surface area contributed by atoms with Crippen LogP contribution < -0.4 is 11.1 Å². The molecule has 0 spiro atoms. The second-order valence-corrected chi connectivity index (χ2v) is 3.43. The quantitative estimate of drug-likeness (QED) is 0.754. The Labute approximate surface area is 96.9 Å². The average molecular weight is 235 g/mol. The average Bonchev–Trinajstić information content (AvgIpc) is 2.79. The lowest BCUT2D eigenvalue weighted by Gasteiger charge is -2.04. The van der Waals surface area contributed by atoms with Crippen molar-refractivity contribution in [2.75, 3.05) is 5.32 Å². The molecule has 0 aromatic carbocycles. The molecular weight excluding hydrogens is 226 g/mol. The summed E-state index contributed by atoms with van der Waals surface area (Å²) in [6.07, 6.45) is 2.91. The third-order valence-corrected chi connectivity index (χ3v) is 2.11. The highest BCUT2D eigenvalue weighted by Crippen LogP contribution is 2.07. The SMILES string of the molecule is NC(=S)c1ccnc(NCc2ncon2)c1. The van der Waals surface area contributed by atoms with Crippen LogP contribution in [0.1, 0.15) is 11.4 Å². The topological polar surface area (TPSA) is 89.9 Å². The second-order valence-electron chi connectivity index (χ2n) is 2.99. The first-order chi connectivity index (χ1) is 7.75. The van der Waals surface area contributed by atoms with E-state index >= 15 is 0 Å². The summed E-state index contributed by atoms with van der Waals surface area (Å²) < 4.78 is 4.60. The molecule has 7 heteroatoms. The second kappa shape index (κ2) is 4.67. The molecule has 0 saturated heterocycles. The molecule has 3 N–H and O–H groups in total. The molecule has 0 fully saturated rings. The van der Waals surface area contributed by atoms with Crippen LogP contribution >= 0.6 is 12.2 Å². The predicted molar refractivity (Wildman–Crippen MR) is 61.7 cm³/mol.